The fourth-order valence-corrected chi connectivity index (χ4v) is 2.01. The first kappa shape index (κ1) is 14.1. The first-order chi connectivity index (χ1) is 9.58. The Morgan fingerprint density at radius 2 is 1.65 bits per heavy atom. The monoisotopic (exact) mass is 334 g/mol. The molecule has 0 aromatic heterocycles. The second kappa shape index (κ2) is 6.21. The van der Waals surface area contributed by atoms with E-state index >= 15 is 0 Å². The number of benzene rings is 2. The van der Waals surface area contributed by atoms with Crippen LogP contribution in [0.2, 0.25) is 0 Å². The number of carbonyl (C=O) groups excluding carboxylic acids is 2. The molecule has 0 fully saturated rings. The third-order valence-electron chi connectivity index (χ3n) is 2.52. The number of rotatable bonds is 2. The number of phenolic OH excluding ortho intramolecular Hbond substituents is 1. The largest absolute Gasteiger partial charge is 0.508 e. The zero-order valence-electron chi connectivity index (χ0n) is 10.3. The maximum Gasteiger partial charge on any atom is 0.270 e. The topological polar surface area (TPSA) is 78.4 Å². The standard InChI is InChI=1S/C14H11BrN2O3/c15-12-7-2-1-6-11(12)14(20)17-16-13(19)9-4-3-5-10(18)8-9/h1-8,18H,(H,16,19)(H,17,20). The molecule has 0 saturated carbocycles. The zero-order chi connectivity index (χ0) is 14.5. The number of hydrogen-bond acceptors (Lipinski definition) is 3. The van der Waals surface area contributed by atoms with Crippen molar-refractivity contribution < 1.29 is 14.7 Å². The molecule has 0 unspecified atom stereocenters. The molecule has 5 nitrogen and oxygen atoms in total. The molecule has 3 N–H and O–H groups in total. The van der Waals surface area contributed by atoms with Gasteiger partial charge in [0.2, 0.25) is 0 Å². The van der Waals surface area contributed by atoms with Gasteiger partial charge in [-0.1, -0.05) is 18.2 Å². The van der Waals surface area contributed by atoms with Crippen LogP contribution in [0.4, 0.5) is 0 Å². The van der Waals surface area contributed by atoms with E-state index in [1.54, 1.807) is 30.3 Å². The molecule has 2 aromatic rings. The fourth-order valence-electron chi connectivity index (χ4n) is 1.55. The van der Waals surface area contributed by atoms with E-state index in [0.717, 1.165) is 0 Å². The van der Waals surface area contributed by atoms with E-state index in [1.807, 2.05) is 0 Å². The van der Waals surface area contributed by atoms with Gasteiger partial charge in [-0.05, 0) is 46.3 Å². The molecule has 102 valence electrons. The van der Waals surface area contributed by atoms with Crippen LogP contribution in [0.15, 0.2) is 53.0 Å². The van der Waals surface area contributed by atoms with Crippen molar-refractivity contribution in [3.8, 4) is 5.75 Å². The zero-order valence-corrected chi connectivity index (χ0v) is 11.8. The number of hydrazine groups is 1. The SMILES string of the molecule is O=C(NNC(=O)c1ccccc1Br)c1cccc(O)c1. The average molecular weight is 335 g/mol. The number of aromatic hydroxyl groups is 1. The summed E-state index contributed by atoms with van der Waals surface area (Å²) in [6.45, 7) is 0. The van der Waals surface area contributed by atoms with E-state index in [2.05, 4.69) is 26.8 Å². The van der Waals surface area contributed by atoms with Crippen molar-refractivity contribution in [1.82, 2.24) is 10.9 Å². The quantitative estimate of drug-likeness (QED) is 0.737. The Morgan fingerprint density at radius 3 is 2.35 bits per heavy atom. The summed E-state index contributed by atoms with van der Waals surface area (Å²) in [6.07, 6.45) is 0. The predicted octanol–water partition coefficient (Wildman–Crippen LogP) is 2.23. The van der Waals surface area contributed by atoms with Crippen LogP contribution in [-0.4, -0.2) is 16.9 Å². The molecule has 0 atom stereocenters. The molecule has 0 aliphatic rings. The summed E-state index contributed by atoms with van der Waals surface area (Å²) < 4.78 is 0.629. The smallest absolute Gasteiger partial charge is 0.270 e. The highest BCUT2D eigenvalue weighted by molar-refractivity contribution is 9.10. The minimum Gasteiger partial charge on any atom is -0.508 e. The number of carbonyl (C=O) groups is 2. The number of phenols is 1. The predicted molar refractivity (Wildman–Crippen MR) is 77.2 cm³/mol. The second-order valence-electron chi connectivity index (χ2n) is 3.94. The van der Waals surface area contributed by atoms with Crippen molar-refractivity contribution >= 4 is 27.7 Å². The molecule has 0 spiro atoms. The summed E-state index contributed by atoms with van der Waals surface area (Å²) in [6, 6.07) is 12.7. The Kier molecular flexibility index (Phi) is 4.37. The van der Waals surface area contributed by atoms with Crippen LogP contribution in [0.1, 0.15) is 20.7 Å². The lowest BCUT2D eigenvalue weighted by atomic mass is 10.2. The molecular weight excluding hydrogens is 324 g/mol. The minimum atomic E-state index is -0.513. The van der Waals surface area contributed by atoms with Crippen LogP contribution >= 0.6 is 15.9 Å². The van der Waals surface area contributed by atoms with Gasteiger partial charge < -0.3 is 5.11 Å². The van der Waals surface area contributed by atoms with Gasteiger partial charge in [0, 0.05) is 10.0 Å². The molecule has 20 heavy (non-hydrogen) atoms. The van der Waals surface area contributed by atoms with Crippen LogP contribution in [0.25, 0.3) is 0 Å². The molecule has 0 aliphatic heterocycles. The minimum absolute atomic E-state index is 0.0187. The molecule has 2 amide bonds. The van der Waals surface area contributed by atoms with Crippen LogP contribution in [0.3, 0.4) is 0 Å². The Bertz CT molecular complexity index is 658. The van der Waals surface area contributed by atoms with E-state index in [4.69, 9.17) is 0 Å². The van der Waals surface area contributed by atoms with E-state index < -0.39 is 11.8 Å². The first-order valence-corrected chi connectivity index (χ1v) is 6.51. The number of halogens is 1. The molecule has 6 heteroatoms. The van der Waals surface area contributed by atoms with Crippen LogP contribution in [-0.2, 0) is 0 Å². The molecule has 0 heterocycles. The van der Waals surface area contributed by atoms with Gasteiger partial charge in [0.25, 0.3) is 11.8 Å². The van der Waals surface area contributed by atoms with Crippen molar-refractivity contribution in [2.45, 2.75) is 0 Å². The highest BCUT2D eigenvalue weighted by Crippen LogP contribution is 2.15. The number of hydrogen-bond donors (Lipinski definition) is 3. The van der Waals surface area contributed by atoms with Gasteiger partial charge >= 0.3 is 0 Å². The van der Waals surface area contributed by atoms with E-state index in [-0.39, 0.29) is 11.3 Å². The van der Waals surface area contributed by atoms with Crippen molar-refractivity contribution in [2.24, 2.45) is 0 Å². The molecule has 2 aromatic carbocycles. The summed E-state index contributed by atoms with van der Waals surface area (Å²) >= 11 is 3.25. The van der Waals surface area contributed by atoms with Crippen LogP contribution in [0.5, 0.6) is 5.75 Å². The van der Waals surface area contributed by atoms with Crippen molar-refractivity contribution in [3.05, 3.63) is 64.1 Å². The second-order valence-corrected chi connectivity index (χ2v) is 4.79. The van der Waals surface area contributed by atoms with Crippen molar-refractivity contribution in [1.29, 1.82) is 0 Å². The van der Waals surface area contributed by atoms with Gasteiger partial charge in [-0.2, -0.15) is 0 Å². The maximum atomic E-state index is 11.9. The Morgan fingerprint density at radius 1 is 0.950 bits per heavy atom. The summed E-state index contributed by atoms with van der Waals surface area (Å²) in [7, 11) is 0. The maximum absolute atomic E-state index is 11.9. The van der Waals surface area contributed by atoms with E-state index in [9.17, 15) is 14.7 Å². The Balaban J connectivity index is 2.01. The lowest BCUT2D eigenvalue weighted by Crippen LogP contribution is -2.41. The third-order valence-corrected chi connectivity index (χ3v) is 3.21. The Hall–Kier alpha value is -2.34. The normalized spacial score (nSPS) is 9.85. The van der Waals surface area contributed by atoms with Gasteiger partial charge in [-0.3, -0.25) is 20.4 Å². The van der Waals surface area contributed by atoms with Crippen LogP contribution < -0.4 is 10.9 Å². The van der Waals surface area contributed by atoms with Crippen LogP contribution in [0, 0.1) is 0 Å². The third kappa shape index (κ3) is 3.36. The molecular formula is C14H11BrN2O3. The van der Waals surface area contributed by atoms with Gasteiger partial charge in [-0.15, -0.1) is 0 Å². The van der Waals surface area contributed by atoms with Crippen molar-refractivity contribution in [3.63, 3.8) is 0 Å². The molecule has 0 aliphatic carbocycles. The highest BCUT2D eigenvalue weighted by Gasteiger charge is 2.11. The average Bonchev–Trinajstić information content (AvgIpc) is 2.45. The summed E-state index contributed by atoms with van der Waals surface area (Å²) in [5.41, 5.74) is 5.24. The molecule has 0 saturated heterocycles. The fraction of sp³-hybridized carbons (Fsp3) is 0. The van der Waals surface area contributed by atoms with Gasteiger partial charge in [0.15, 0.2) is 0 Å². The Labute approximate surface area is 123 Å². The molecule has 0 bridgehead atoms. The summed E-state index contributed by atoms with van der Waals surface area (Å²) in [4.78, 5) is 23.6. The van der Waals surface area contributed by atoms with Crippen molar-refractivity contribution in [2.75, 3.05) is 0 Å². The van der Waals surface area contributed by atoms with Gasteiger partial charge in [0.05, 0.1) is 5.56 Å². The van der Waals surface area contributed by atoms with Gasteiger partial charge in [0.1, 0.15) is 5.75 Å². The summed E-state index contributed by atoms with van der Waals surface area (Å²) in [5.74, 6) is -0.970. The number of amides is 2. The molecule has 2 rings (SSSR count). The van der Waals surface area contributed by atoms with E-state index in [1.165, 1.54) is 18.2 Å². The van der Waals surface area contributed by atoms with Gasteiger partial charge in [-0.25, -0.2) is 0 Å². The highest BCUT2D eigenvalue weighted by atomic mass is 79.9. The summed E-state index contributed by atoms with van der Waals surface area (Å²) in [5, 5.41) is 9.28. The lowest BCUT2D eigenvalue weighted by molar-refractivity contribution is 0.0846. The van der Waals surface area contributed by atoms with E-state index in [0.29, 0.717) is 10.0 Å². The lowest BCUT2D eigenvalue weighted by Gasteiger charge is -2.08. The number of nitrogens with one attached hydrogen (secondary N) is 2. The first-order valence-electron chi connectivity index (χ1n) is 5.72. The molecule has 0 radical (unpaired) electrons.